The summed E-state index contributed by atoms with van der Waals surface area (Å²) in [5.41, 5.74) is 0.845. The molecule has 1 saturated carbocycles. The number of benzene rings is 1. The molecule has 120 valence electrons. The molecule has 1 aromatic carbocycles. The summed E-state index contributed by atoms with van der Waals surface area (Å²) in [6, 6.07) is 4.89. The van der Waals surface area contributed by atoms with Gasteiger partial charge in [0.15, 0.2) is 9.84 Å². The molecule has 0 aromatic heterocycles. The third-order valence-electron chi connectivity index (χ3n) is 3.36. The molecule has 1 fully saturated rings. The SMILES string of the molecule is CC(=CC(=O)NS(=O)(=O)c1cccc(S(C)(=O)=O)c1)C1CC1. The molecule has 1 aliphatic carbocycles. The van der Waals surface area contributed by atoms with Gasteiger partial charge in [-0.15, -0.1) is 0 Å². The molecule has 0 saturated heterocycles. The molecule has 1 amide bonds. The average molecular weight is 343 g/mol. The molecule has 1 aliphatic rings. The van der Waals surface area contributed by atoms with Crippen LogP contribution < -0.4 is 4.72 Å². The van der Waals surface area contributed by atoms with E-state index >= 15 is 0 Å². The van der Waals surface area contributed by atoms with Crippen LogP contribution in [-0.4, -0.2) is 29.0 Å². The first-order valence-corrected chi connectivity index (χ1v) is 10.0. The number of hydrogen-bond acceptors (Lipinski definition) is 5. The van der Waals surface area contributed by atoms with Gasteiger partial charge in [0, 0.05) is 12.3 Å². The molecule has 0 heterocycles. The molecule has 0 atom stereocenters. The zero-order valence-electron chi connectivity index (χ0n) is 12.2. The van der Waals surface area contributed by atoms with Crippen molar-refractivity contribution in [3.63, 3.8) is 0 Å². The van der Waals surface area contributed by atoms with E-state index in [1.54, 1.807) is 6.92 Å². The second kappa shape index (κ2) is 5.85. The van der Waals surface area contributed by atoms with Gasteiger partial charge in [0.25, 0.3) is 15.9 Å². The minimum Gasteiger partial charge on any atom is -0.269 e. The third-order valence-corrected chi connectivity index (χ3v) is 5.81. The number of nitrogens with one attached hydrogen (secondary N) is 1. The lowest BCUT2D eigenvalue weighted by Gasteiger charge is -2.07. The number of sulfone groups is 1. The van der Waals surface area contributed by atoms with E-state index in [9.17, 15) is 21.6 Å². The molecule has 1 N–H and O–H groups in total. The molecule has 0 unspecified atom stereocenters. The lowest BCUT2D eigenvalue weighted by Crippen LogP contribution is -2.29. The van der Waals surface area contributed by atoms with E-state index in [2.05, 4.69) is 0 Å². The Kier molecular flexibility index (Phi) is 4.44. The van der Waals surface area contributed by atoms with Crippen molar-refractivity contribution in [3.05, 3.63) is 35.9 Å². The third kappa shape index (κ3) is 4.17. The van der Waals surface area contributed by atoms with Gasteiger partial charge in [0.05, 0.1) is 9.79 Å². The molecule has 0 spiro atoms. The van der Waals surface area contributed by atoms with Crippen molar-refractivity contribution in [3.8, 4) is 0 Å². The highest BCUT2D eigenvalue weighted by atomic mass is 32.2. The average Bonchev–Trinajstić information content (AvgIpc) is 3.21. The van der Waals surface area contributed by atoms with Gasteiger partial charge in [-0.2, -0.15) is 0 Å². The van der Waals surface area contributed by atoms with Crippen molar-refractivity contribution in [1.29, 1.82) is 0 Å². The molecule has 22 heavy (non-hydrogen) atoms. The molecular weight excluding hydrogens is 326 g/mol. The van der Waals surface area contributed by atoms with Gasteiger partial charge in [-0.05, 0) is 43.9 Å². The fourth-order valence-corrected chi connectivity index (χ4v) is 3.68. The largest absolute Gasteiger partial charge is 0.269 e. The number of sulfonamides is 1. The quantitative estimate of drug-likeness (QED) is 0.812. The van der Waals surface area contributed by atoms with Gasteiger partial charge in [0.2, 0.25) is 0 Å². The smallest absolute Gasteiger partial charge is 0.264 e. The zero-order valence-corrected chi connectivity index (χ0v) is 13.9. The molecular formula is C14H17NO5S2. The van der Waals surface area contributed by atoms with Crippen LogP contribution in [0.15, 0.2) is 45.7 Å². The molecule has 0 bridgehead atoms. The van der Waals surface area contributed by atoms with Crippen molar-refractivity contribution in [2.45, 2.75) is 29.6 Å². The summed E-state index contributed by atoms with van der Waals surface area (Å²) in [5.74, 6) is -0.365. The van der Waals surface area contributed by atoms with Crippen LogP contribution in [0.4, 0.5) is 0 Å². The van der Waals surface area contributed by atoms with Gasteiger partial charge in [0.1, 0.15) is 0 Å². The lowest BCUT2D eigenvalue weighted by atomic mass is 10.2. The summed E-state index contributed by atoms with van der Waals surface area (Å²) in [5, 5.41) is 0. The van der Waals surface area contributed by atoms with Gasteiger partial charge in [-0.1, -0.05) is 11.6 Å². The Morgan fingerprint density at radius 1 is 1.18 bits per heavy atom. The maximum atomic E-state index is 12.1. The Balaban J connectivity index is 2.23. The maximum Gasteiger partial charge on any atom is 0.264 e. The molecule has 2 rings (SSSR count). The van der Waals surface area contributed by atoms with Gasteiger partial charge in [-0.25, -0.2) is 21.6 Å². The second-order valence-electron chi connectivity index (χ2n) is 5.38. The Morgan fingerprint density at radius 2 is 1.77 bits per heavy atom. The van der Waals surface area contributed by atoms with E-state index in [1.807, 2.05) is 4.72 Å². The second-order valence-corrected chi connectivity index (χ2v) is 9.08. The Bertz CT molecular complexity index is 834. The lowest BCUT2D eigenvalue weighted by molar-refractivity contribution is -0.114. The van der Waals surface area contributed by atoms with Crippen molar-refractivity contribution < 1.29 is 21.6 Å². The highest BCUT2D eigenvalue weighted by Gasteiger charge is 2.24. The first-order chi connectivity index (χ1) is 10.1. The minimum absolute atomic E-state index is 0.118. The van der Waals surface area contributed by atoms with Crippen LogP contribution in [0.3, 0.4) is 0 Å². The molecule has 1 aromatic rings. The summed E-state index contributed by atoms with van der Waals surface area (Å²) in [6.45, 7) is 1.79. The molecule has 6 nitrogen and oxygen atoms in total. The van der Waals surface area contributed by atoms with Gasteiger partial charge < -0.3 is 0 Å². The first kappa shape index (κ1) is 16.7. The number of carbonyl (C=O) groups is 1. The normalized spacial score (nSPS) is 16.4. The fourth-order valence-electron chi connectivity index (χ4n) is 1.96. The summed E-state index contributed by atoms with van der Waals surface area (Å²) in [6.07, 6.45) is 4.28. The van der Waals surface area contributed by atoms with Crippen LogP contribution in [0.1, 0.15) is 19.8 Å². The van der Waals surface area contributed by atoms with E-state index in [0.29, 0.717) is 5.92 Å². The summed E-state index contributed by atoms with van der Waals surface area (Å²) in [7, 11) is -7.63. The Labute approximate surface area is 130 Å². The van der Waals surface area contributed by atoms with Crippen LogP contribution >= 0.6 is 0 Å². The van der Waals surface area contributed by atoms with E-state index in [0.717, 1.165) is 30.7 Å². The van der Waals surface area contributed by atoms with Gasteiger partial charge in [-0.3, -0.25) is 4.79 Å². The van der Waals surface area contributed by atoms with Crippen LogP contribution in [0.5, 0.6) is 0 Å². The maximum absolute atomic E-state index is 12.1. The topological polar surface area (TPSA) is 97.4 Å². The Hall–Kier alpha value is -1.67. The first-order valence-electron chi connectivity index (χ1n) is 6.65. The van der Waals surface area contributed by atoms with Crippen molar-refractivity contribution in [2.75, 3.05) is 6.26 Å². The summed E-state index contributed by atoms with van der Waals surface area (Å²) >= 11 is 0. The standard InChI is InChI=1S/C14H17NO5S2/c1-10(11-6-7-11)8-14(16)15-22(19,20)13-5-3-4-12(9-13)21(2,17)18/h3-5,8-9,11H,6-7H2,1-2H3,(H,15,16). The number of amides is 1. The van der Waals surface area contributed by atoms with Gasteiger partial charge >= 0.3 is 0 Å². The van der Waals surface area contributed by atoms with Crippen LogP contribution in [0.2, 0.25) is 0 Å². The minimum atomic E-state index is -4.10. The molecule has 0 aliphatic heterocycles. The van der Waals surface area contributed by atoms with Crippen molar-refractivity contribution in [1.82, 2.24) is 4.72 Å². The number of hydrogen-bond donors (Lipinski definition) is 1. The van der Waals surface area contributed by atoms with E-state index < -0.39 is 25.8 Å². The van der Waals surface area contributed by atoms with E-state index in [1.165, 1.54) is 24.3 Å². The predicted molar refractivity (Wildman–Crippen MR) is 81.4 cm³/mol. The van der Waals surface area contributed by atoms with E-state index in [-0.39, 0.29) is 9.79 Å². The Morgan fingerprint density at radius 3 is 2.32 bits per heavy atom. The zero-order chi connectivity index (χ0) is 16.5. The van der Waals surface area contributed by atoms with Crippen LogP contribution in [0, 0.1) is 5.92 Å². The molecule has 0 radical (unpaired) electrons. The predicted octanol–water partition coefficient (Wildman–Crippen LogP) is 1.25. The number of rotatable bonds is 5. The monoisotopic (exact) mass is 343 g/mol. The summed E-state index contributed by atoms with van der Waals surface area (Å²) < 4.78 is 49.1. The van der Waals surface area contributed by atoms with Crippen molar-refractivity contribution >= 4 is 25.8 Å². The highest BCUT2D eigenvalue weighted by Crippen LogP contribution is 2.35. The van der Waals surface area contributed by atoms with Crippen LogP contribution in [-0.2, 0) is 24.7 Å². The van der Waals surface area contributed by atoms with Crippen molar-refractivity contribution in [2.24, 2.45) is 5.92 Å². The fraction of sp³-hybridized carbons (Fsp3) is 0.357. The van der Waals surface area contributed by atoms with E-state index in [4.69, 9.17) is 0 Å². The number of allylic oxidation sites excluding steroid dienone is 1. The highest BCUT2D eigenvalue weighted by molar-refractivity contribution is 7.91. The number of carbonyl (C=O) groups excluding carboxylic acids is 1. The summed E-state index contributed by atoms with van der Waals surface area (Å²) in [4.78, 5) is 11.4. The van der Waals surface area contributed by atoms with Crippen LogP contribution in [0.25, 0.3) is 0 Å². The molecule has 8 heteroatoms.